The molecule has 0 aliphatic heterocycles. The van der Waals surface area contributed by atoms with Gasteiger partial charge >= 0.3 is 0 Å². The monoisotopic (exact) mass is 248 g/mol. The first-order valence-corrected chi connectivity index (χ1v) is 6.88. The first-order valence-electron chi connectivity index (χ1n) is 6.25. The Labute approximate surface area is 109 Å². The lowest BCUT2D eigenvalue weighted by atomic mass is 9.71. The molecular formula is C15H20OS. The van der Waals surface area contributed by atoms with Gasteiger partial charge in [-0.3, -0.25) is 0 Å². The van der Waals surface area contributed by atoms with Crippen LogP contribution in [0.15, 0.2) is 36.4 Å². The van der Waals surface area contributed by atoms with Crippen molar-refractivity contribution in [1.82, 2.24) is 0 Å². The van der Waals surface area contributed by atoms with Crippen LogP contribution in [0.2, 0.25) is 0 Å². The molecule has 2 rings (SSSR count). The summed E-state index contributed by atoms with van der Waals surface area (Å²) in [5, 5.41) is 0. The normalized spacial score (nSPS) is 18.2. The number of hydrogen-bond donors (Lipinski definition) is 1. The molecule has 2 heteroatoms. The maximum absolute atomic E-state index is 5.72. The Hall–Kier alpha value is -0.730. The summed E-state index contributed by atoms with van der Waals surface area (Å²) in [5.74, 6) is 0.954. The van der Waals surface area contributed by atoms with Gasteiger partial charge in [0, 0.05) is 5.41 Å². The number of benzene rings is 1. The SMILES string of the molecule is SCC1(COCC=Cc2ccccc2)CCC1. The van der Waals surface area contributed by atoms with Crippen molar-refractivity contribution in [3.63, 3.8) is 0 Å². The first-order chi connectivity index (χ1) is 8.35. The van der Waals surface area contributed by atoms with Gasteiger partial charge in [0.15, 0.2) is 0 Å². The van der Waals surface area contributed by atoms with E-state index in [1.807, 2.05) is 18.2 Å². The topological polar surface area (TPSA) is 9.23 Å². The number of rotatable bonds is 6. The Morgan fingerprint density at radius 3 is 2.59 bits per heavy atom. The van der Waals surface area contributed by atoms with Gasteiger partial charge in [-0.2, -0.15) is 12.6 Å². The summed E-state index contributed by atoms with van der Waals surface area (Å²) in [5.41, 5.74) is 1.60. The second kappa shape index (κ2) is 6.27. The highest BCUT2D eigenvalue weighted by Gasteiger charge is 2.35. The largest absolute Gasteiger partial charge is 0.377 e. The van der Waals surface area contributed by atoms with Crippen LogP contribution in [0.25, 0.3) is 6.08 Å². The Balaban J connectivity index is 1.68. The van der Waals surface area contributed by atoms with E-state index in [9.17, 15) is 0 Å². The van der Waals surface area contributed by atoms with Crippen LogP contribution < -0.4 is 0 Å². The van der Waals surface area contributed by atoms with E-state index in [1.54, 1.807) is 0 Å². The fourth-order valence-electron chi connectivity index (χ4n) is 2.12. The van der Waals surface area contributed by atoms with Crippen LogP contribution in [0.5, 0.6) is 0 Å². The van der Waals surface area contributed by atoms with E-state index in [4.69, 9.17) is 4.74 Å². The highest BCUT2D eigenvalue weighted by atomic mass is 32.1. The molecule has 0 saturated heterocycles. The molecule has 92 valence electrons. The molecule has 1 nitrogen and oxygen atoms in total. The summed E-state index contributed by atoms with van der Waals surface area (Å²) >= 11 is 4.42. The predicted octanol–water partition coefficient (Wildman–Crippen LogP) is 3.82. The van der Waals surface area contributed by atoms with E-state index in [1.165, 1.54) is 24.8 Å². The van der Waals surface area contributed by atoms with Gasteiger partial charge < -0.3 is 4.74 Å². The minimum atomic E-state index is 0.379. The molecule has 0 aromatic heterocycles. The molecule has 0 heterocycles. The summed E-state index contributed by atoms with van der Waals surface area (Å²) in [4.78, 5) is 0. The second-order valence-corrected chi connectivity index (χ2v) is 5.16. The molecule has 0 bridgehead atoms. The molecule has 0 unspecified atom stereocenters. The Kier molecular flexibility index (Phi) is 4.69. The fraction of sp³-hybridized carbons (Fsp3) is 0.467. The van der Waals surface area contributed by atoms with Gasteiger partial charge in [-0.15, -0.1) is 0 Å². The molecule has 1 saturated carbocycles. The van der Waals surface area contributed by atoms with Crippen molar-refractivity contribution in [2.45, 2.75) is 19.3 Å². The van der Waals surface area contributed by atoms with Crippen molar-refractivity contribution < 1.29 is 4.74 Å². The van der Waals surface area contributed by atoms with E-state index in [-0.39, 0.29) is 0 Å². The summed E-state index contributed by atoms with van der Waals surface area (Å²) in [6, 6.07) is 10.3. The van der Waals surface area contributed by atoms with Gasteiger partial charge in [0.1, 0.15) is 0 Å². The molecular weight excluding hydrogens is 228 g/mol. The zero-order chi connectivity index (χ0) is 12.0. The molecule has 1 aliphatic carbocycles. The average Bonchev–Trinajstić information content (AvgIpc) is 2.33. The number of thiol groups is 1. The van der Waals surface area contributed by atoms with Crippen molar-refractivity contribution in [2.75, 3.05) is 19.0 Å². The van der Waals surface area contributed by atoms with Gasteiger partial charge in [0.2, 0.25) is 0 Å². The average molecular weight is 248 g/mol. The van der Waals surface area contributed by atoms with Crippen LogP contribution >= 0.6 is 12.6 Å². The fourth-order valence-corrected chi connectivity index (χ4v) is 2.52. The van der Waals surface area contributed by atoms with E-state index in [2.05, 4.69) is 36.9 Å². The highest BCUT2D eigenvalue weighted by Crippen LogP contribution is 2.41. The van der Waals surface area contributed by atoms with Crippen molar-refractivity contribution in [1.29, 1.82) is 0 Å². The smallest absolute Gasteiger partial charge is 0.0650 e. The summed E-state index contributed by atoms with van der Waals surface area (Å²) in [6.45, 7) is 1.56. The number of ether oxygens (including phenoxy) is 1. The zero-order valence-electron chi connectivity index (χ0n) is 10.1. The van der Waals surface area contributed by atoms with Crippen molar-refractivity contribution in [3.05, 3.63) is 42.0 Å². The zero-order valence-corrected chi connectivity index (χ0v) is 11.0. The van der Waals surface area contributed by atoms with E-state index in [0.717, 1.165) is 12.4 Å². The summed E-state index contributed by atoms with van der Waals surface area (Å²) in [6.07, 6.45) is 8.08. The Morgan fingerprint density at radius 1 is 1.24 bits per heavy atom. The third-order valence-corrected chi connectivity index (χ3v) is 4.15. The standard InChI is InChI=1S/C15H20OS/c17-13-15(9-5-10-15)12-16-11-4-8-14-6-2-1-3-7-14/h1-4,6-8,17H,5,9-13H2. The third kappa shape index (κ3) is 3.62. The van der Waals surface area contributed by atoms with Gasteiger partial charge in [-0.05, 0) is 24.2 Å². The van der Waals surface area contributed by atoms with Gasteiger partial charge in [0.05, 0.1) is 13.2 Å². The summed E-state index contributed by atoms with van der Waals surface area (Å²) < 4.78 is 5.72. The van der Waals surface area contributed by atoms with Gasteiger partial charge in [-0.25, -0.2) is 0 Å². The lowest BCUT2D eigenvalue weighted by molar-refractivity contribution is 0.0224. The third-order valence-electron chi connectivity index (χ3n) is 3.48. The molecule has 17 heavy (non-hydrogen) atoms. The minimum Gasteiger partial charge on any atom is -0.377 e. The molecule has 0 N–H and O–H groups in total. The number of hydrogen-bond acceptors (Lipinski definition) is 2. The van der Waals surface area contributed by atoms with Crippen molar-refractivity contribution >= 4 is 18.7 Å². The first kappa shape index (κ1) is 12.7. The van der Waals surface area contributed by atoms with E-state index < -0.39 is 0 Å². The second-order valence-electron chi connectivity index (χ2n) is 4.84. The van der Waals surface area contributed by atoms with Crippen LogP contribution in [0.1, 0.15) is 24.8 Å². The van der Waals surface area contributed by atoms with Crippen LogP contribution in [0.3, 0.4) is 0 Å². The lowest BCUT2D eigenvalue weighted by Gasteiger charge is -2.40. The van der Waals surface area contributed by atoms with Gasteiger partial charge in [0.25, 0.3) is 0 Å². The molecule has 1 aromatic carbocycles. The summed E-state index contributed by atoms with van der Waals surface area (Å²) in [7, 11) is 0. The molecule has 0 radical (unpaired) electrons. The van der Waals surface area contributed by atoms with Crippen molar-refractivity contribution in [3.8, 4) is 0 Å². The van der Waals surface area contributed by atoms with Crippen LogP contribution in [0, 0.1) is 5.41 Å². The Morgan fingerprint density at radius 2 is 2.00 bits per heavy atom. The minimum absolute atomic E-state index is 0.379. The van der Waals surface area contributed by atoms with Crippen LogP contribution in [0.4, 0.5) is 0 Å². The molecule has 1 aliphatic rings. The molecule has 0 amide bonds. The lowest BCUT2D eigenvalue weighted by Crippen LogP contribution is -2.36. The maximum Gasteiger partial charge on any atom is 0.0650 e. The maximum atomic E-state index is 5.72. The Bertz CT molecular complexity index is 349. The molecule has 1 aromatic rings. The van der Waals surface area contributed by atoms with E-state index >= 15 is 0 Å². The van der Waals surface area contributed by atoms with Crippen molar-refractivity contribution in [2.24, 2.45) is 5.41 Å². The molecule has 0 spiro atoms. The molecule has 1 fully saturated rings. The van der Waals surface area contributed by atoms with E-state index in [0.29, 0.717) is 12.0 Å². The van der Waals surface area contributed by atoms with Gasteiger partial charge in [-0.1, -0.05) is 48.9 Å². The predicted molar refractivity (Wildman–Crippen MR) is 76.4 cm³/mol. The molecule has 0 atom stereocenters. The van der Waals surface area contributed by atoms with Crippen LogP contribution in [-0.4, -0.2) is 19.0 Å². The highest BCUT2D eigenvalue weighted by molar-refractivity contribution is 7.80. The quantitative estimate of drug-likeness (QED) is 0.595. The van der Waals surface area contributed by atoms with Crippen LogP contribution in [-0.2, 0) is 4.74 Å².